The van der Waals surface area contributed by atoms with Crippen molar-refractivity contribution < 1.29 is 19.8 Å². The summed E-state index contributed by atoms with van der Waals surface area (Å²) >= 11 is 5.86. The monoisotopic (exact) mass is 274 g/mol. The molecule has 0 bridgehead atoms. The van der Waals surface area contributed by atoms with Gasteiger partial charge in [0.2, 0.25) is 0 Å². The van der Waals surface area contributed by atoms with E-state index in [1.54, 1.807) is 12.1 Å². The molecule has 0 radical (unpaired) electrons. The zero-order valence-corrected chi connectivity index (χ0v) is 10.2. The average molecular weight is 275 g/mol. The number of phenols is 2. The molecule has 4 nitrogen and oxygen atoms in total. The van der Waals surface area contributed by atoms with Gasteiger partial charge in [-0.15, -0.1) is 0 Å². The summed E-state index contributed by atoms with van der Waals surface area (Å²) in [5, 5.41) is 18.8. The van der Waals surface area contributed by atoms with E-state index in [9.17, 15) is 19.8 Å². The van der Waals surface area contributed by atoms with Gasteiger partial charge >= 0.3 is 0 Å². The Balaban J connectivity index is 2.40. The summed E-state index contributed by atoms with van der Waals surface area (Å²) < 4.78 is 0. The van der Waals surface area contributed by atoms with Gasteiger partial charge in [0.05, 0.1) is 10.6 Å². The van der Waals surface area contributed by atoms with Crippen molar-refractivity contribution in [2.45, 2.75) is 0 Å². The summed E-state index contributed by atoms with van der Waals surface area (Å²) in [5.74, 6) is -1.96. The molecule has 0 aromatic heterocycles. The number of phenolic OH excluding ortho intramolecular Hbond substituents is 2. The van der Waals surface area contributed by atoms with E-state index in [-0.39, 0.29) is 27.3 Å². The molecular weight excluding hydrogens is 268 g/mol. The summed E-state index contributed by atoms with van der Waals surface area (Å²) in [5.41, 5.74) is 0.442. The van der Waals surface area contributed by atoms with Crippen molar-refractivity contribution in [3.63, 3.8) is 0 Å². The quantitative estimate of drug-likeness (QED) is 0.618. The molecular formula is C14H7ClO4. The van der Waals surface area contributed by atoms with Crippen LogP contribution in [0.5, 0.6) is 11.5 Å². The van der Waals surface area contributed by atoms with E-state index in [0.29, 0.717) is 0 Å². The van der Waals surface area contributed by atoms with Gasteiger partial charge < -0.3 is 10.2 Å². The highest BCUT2D eigenvalue weighted by atomic mass is 35.5. The highest BCUT2D eigenvalue weighted by Crippen LogP contribution is 2.41. The molecule has 0 heterocycles. The van der Waals surface area contributed by atoms with Gasteiger partial charge in [0, 0.05) is 16.7 Å². The first kappa shape index (κ1) is 11.7. The molecule has 0 fully saturated rings. The minimum atomic E-state index is -0.596. The average Bonchev–Trinajstić information content (AvgIpc) is 2.42. The van der Waals surface area contributed by atoms with Crippen LogP contribution in [0.25, 0.3) is 0 Å². The number of benzene rings is 2. The third-order valence-corrected chi connectivity index (χ3v) is 3.48. The second-order valence-corrected chi connectivity index (χ2v) is 4.56. The van der Waals surface area contributed by atoms with Crippen LogP contribution < -0.4 is 0 Å². The Morgan fingerprint density at radius 2 is 1.47 bits per heavy atom. The number of hydrogen-bond donors (Lipinski definition) is 2. The van der Waals surface area contributed by atoms with Crippen LogP contribution in [-0.4, -0.2) is 21.8 Å². The second kappa shape index (κ2) is 3.83. The normalized spacial score (nSPS) is 13.1. The van der Waals surface area contributed by atoms with Crippen molar-refractivity contribution in [1.82, 2.24) is 0 Å². The van der Waals surface area contributed by atoms with E-state index in [1.807, 2.05) is 0 Å². The fraction of sp³-hybridized carbons (Fsp3) is 0. The fourth-order valence-corrected chi connectivity index (χ4v) is 2.47. The van der Waals surface area contributed by atoms with Crippen LogP contribution in [0.4, 0.5) is 0 Å². The van der Waals surface area contributed by atoms with Crippen molar-refractivity contribution in [2.75, 3.05) is 0 Å². The Morgan fingerprint density at radius 1 is 0.895 bits per heavy atom. The maximum absolute atomic E-state index is 12.3. The topological polar surface area (TPSA) is 74.6 Å². The first-order valence-electron chi connectivity index (χ1n) is 5.45. The molecule has 2 aromatic carbocycles. The molecule has 5 heteroatoms. The highest BCUT2D eigenvalue weighted by Gasteiger charge is 2.33. The number of ketones is 2. The molecule has 0 saturated carbocycles. The van der Waals surface area contributed by atoms with Gasteiger partial charge in [0.15, 0.2) is 23.1 Å². The number of carbonyl (C=O) groups is 2. The minimum Gasteiger partial charge on any atom is -0.504 e. The summed E-state index contributed by atoms with van der Waals surface area (Å²) in [7, 11) is 0. The van der Waals surface area contributed by atoms with E-state index in [1.165, 1.54) is 12.1 Å². The molecule has 94 valence electrons. The van der Waals surface area contributed by atoms with Crippen molar-refractivity contribution in [1.29, 1.82) is 0 Å². The van der Waals surface area contributed by atoms with Crippen molar-refractivity contribution >= 4 is 23.2 Å². The Bertz CT molecular complexity index is 749. The van der Waals surface area contributed by atoms with Gasteiger partial charge in [0.25, 0.3) is 0 Å². The minimum absolute atomic E-state index is 0.00370. The summed E-state index contributed by atoms with van der Waals surface area (Å²) in [6, 6.07) is 7.42. The Kier molecular flexibility index (Phi) is 2.37. The molecule has 3 rings (SSSR count). The molecule has 0 saturated heterocycles. The molecule has 0 atom stereocenters. The molecule has 0 unspecified atom stereocenters. The van der Waals surface area contributed by atoms with Gasteiger partial charge in [-0.1, -0.05) is 35.9 Å². The fourth-order valence-electron chi connectivity index (χ4n) is 2.19. The second-order valence-electron chi connectivity index (χ2n) is 4.18. The van der Waals surface area contributed by atoms with Crippen LogP contribution in [0.2, 0.25) is 5.02 Å². The number of aromatic hydroxyl groups is 2. The molecule has 2 N–H and O–H groups in total. The van der Waals surface area contributed by atoms with E-state index < -0.39 is 23.1 Å². The number of halogens is 1. The smallest absolute Gasteiger partial charge is 0.196 e. The van der Waals surface area contributed by atoms with Gasteiger partial charge in [-0.05, 0) is 6.07 Å². The largest absolute Gasteiger partial charge is 0.504 e. The predicted octanol–water partition coefficient (Wildman–Crippen LogP) is 2.53. The lowest BCUT2D eigenvalue weighted by Crippen LogP contribution is -2.21. The van der Waals surface area contributed by atoms with Crippen molar-refractivity contribution in [3.05, 3.63) is 57.6 Å². The molecule has 1 aliphatic rings. The lowest BCUT2D eigenvalue weighted by Gasteiger charge is -2.19. The Hall–Kier alpha value is -2.33. The summed E-state index contributed by atoms with van der Waals surface area (Å²) in [6.45, 7) is 0. The molecule has 0 amide bonds. The number of hydrogen-bond acceptors (Lipinski definition) is 4. The lowest BCUT2D eigenvalue weighted by molar-refractivity contribution is 0.0978. The summed E-state index contributed by atoms with van der Waals surface area (Å²) in [6.07, 6.45) is 0. The van der Waals surface area contributed by atoms with Gasteiger partial charge in [-0.25, -0.2) is 0 Å². The maximum Gasteiger partial charge on any atom is 0.196 e. The van der Waals surface area contributed by atoms with Gasteiger partial charge in [-0.3, -0.25) is 9.59 Å². The molecule has 2 aromatic rings. The standard InChI is InChI=1S/C14H7ClO4/c15-11-10-8(5-9(16)14(11)19)12(17)6-3-1-2-4-7(6)13(10)18/h1-5,16,19H. The molecule has 0 spiro atoms. The lowest BCUT2D eigenvalue weighted by atomic mass is 9.84. The van der Waals surface area contributed by atoms with E-state index >= 15 is 0 Å². The van der Waals surface area contributed by atoms with Crippen LogP contribution in [0, 0.1) is 0 Å². The number of fused-ring (bicyclic) bond motifs is 2. The third kappa shape index (κ3) is 1.47. The van der Waals surface area contributed by atoms with Crippen LogP contribution in [0.3, 0.4) is 0 Å². The zero-order valence-electron chi connectivity index (χ0n) is 9.48. The third-order valence-electron chi connectivity index (χ3n) is 3.11. The van der Waals surface area contributed by atoms with Crippen molar-refractivity contribution in [3.8, 4) is 11.5 Å². The van der Waals surface area contributed by atoms with E-state index in [4.69, 9.17) is 11.6 Å². The Morgan fingerprint density at radius 3 is 2.11 bits per heavy atom. The molecule has 1 aliphatic carbocycles. The van der Waals surface area contributed by atoms with Gasteiger partial charge in [-0.2, -0.15) is 0 Å². The molecule has 0 aliphatic heterocycles. The SMILES string of the molecule is O=C1c2ccccc2C(=O)c2c1cc(O)c(O)c2Cl. The zero-order chi connectivity index (χ0) is 13.7. The van der Waals surface area contributed by atoms with Crippen LogP contribution >= 0.6 is 11.6 Å². The van der Waals surface area contributed by atoms with E-state index in [0.717, 1.165) is 6.07 Å². The molecule has 19 heavy (non-hydrogen) atoms. The predicted molar refractivity (Wildman–Crippen MR) is 68.1 cm³/mol. The van der Waals surface area contributed by atoms with Crippen LogP contribution in [-0.2, 0) is 0 Å². The first-order chi connectivity index (χ1) is 9.02. The summed E-state index contributed by atoms with van der Waals surface area (Å²) in [4.78, 5) is 24.6. The van der Waals surface area contributed by atoms with E-state index in [2.05, 4.69) is 0 Å². The van der Waals surface area contributed by atoms with Gasteiger partial charge in [0.1, 0.15) is 0 Å². The number of rotatable bonds is 0. The van der Waals surface area contributed by atoms with Crippen LogP contribution in [0.1, 0.15) is 31.8 Å². The van der Waals surface area contributed by atoms with Crippen molar-refractivity contribution in [2.24, 2.45) is 0 Å². The maximum atomic E-state index is 12.3. The highest BCUT2D eigenvalue weighted by molar-refractivity contribution is 6.40. The first-order valence-corrected chi connectivity index (χ1v) is 5.83. The Labute approximate surface area is 112 Å². The van der Waals surface area contributed by atoms with Crippen LogP contribution in [0.15, 0.2) is 30.3 Å². The number of carbonyl (C=O) groups excluding carboxylic acids is 2.